The SMILES string of the molecule is Cc1cc(C)cc(C(c2cc(C)cc(C)c2)C2C=CC=C2C(C)(C)C)c1. The minimum atomic E-state index is 0.171. The maximum absolute atomic E-state index is 2.40. The summed E-state index contributed by atoms with van der Waals surface area (Å²) < 4.78 is 0. The minimum absolute atomic E-state index is 0.171. The van der Waals surface area contributed by atoms with Gasteiger partial charge in [-0.25, -0.2) is 0 Å². The summed E-state index contributed by atoms with van der Waals surface area (Å²) >= 11 is 0. The van der Waals surface area contributed by atoms with Gasteiger partial charge in [0.2, 0.25) is 0 Å². The highest BCUT2D eigenvalue weighted by atomic mass is 14.4. The average molecular weight is 345 g/mol. The van der Waals surface area contributed by atoms with Gasteiger partial charge < -0.3 is 0 Å². The summed E-state index contributed by atoms with van der Waals surface area (Å²) in [6, 6.07) is 14.0. The van der Waals surface area contributed by atoms with Crippen molar-refractivity contribution in [2.75, 3.05) is 0 Å². The lowest BCUT2D eigenvalue weighted by molar-refractivity contribution is 0.439. The van der Waals surface area contributed by atoms with Crippen LogP contribution in [0.1, 0.15) is 60.1 Å². The van der Waals surface area contributed by atoms with Gasteiger partial charge in [-0.05, 0) is 44.2 Å². The lowest BCUT2D eigenvalue weighted by Gasteiger charge is -2.33. The van der Waals surface area contributed by atoms with Gasteiger partial charge in [0.1, 0.15) is 0 Å². The standard InChI is InChI=1S/C26H32/c1-17-11-18(2)14-21(13-17)25(22-15-19(3)12-20(4)16-22)23-9-8-10-24(23)26(5,6)7/h8-16,23,25H,1-7H3. The summed E-state index contributed by atoms with van der Waals surface area (Å²) in [5, 5.41) is 0. The molecule has 0 N–H and O–H groups in total. The maximum Gasteiger partial charge on any atom is 0.0190 e. The smallest absolute Gasteiger partial charge is 0.0190 e. The van der Waals surface area contributed by atoms with Crippen LogP contribution in [0.3, 0.4) is 0 Å². The zero-order valence-electron chi connectivity index (χ0n) is 17.4. The first-order chi connectivity index (χ1) is 12.1. The Balaban J connectivity index is 2.19. The quantitative estimate of drug-likeness (QED) is 0.552. The maximum atomic E-state index is 2.40. The van der Waals surface area contributed by atoms with Crippen LogP contribution < -0.4 is 0 Å². The number of aryl methyl sites for hydroxylation is 4. The monoisotopic (exact) mass is 344 g/mol. The Bertz CT molecular complexity index is 779. The van der Waals surface area contributed by atoms with Crippen LogP contribution in [-0.2, 0) is 0 Å². The highest BCUT2D eigenvalue weighted by Crippen LogP contribution is 2.46. The molecule has 26 heavy (non-hydrogen) atoms. The second-order valence-electron chi connectivity index (χ2n) is 9.10. The fraction of sp³-hybridized carbons (Fsp3) is 0.385. The zero-order chi connectivity index (χ0) is 19.1. The van der Waals surface area contributed by atoms with E-state index in [1.807, 2.05) is 0 Å². The fourth-order valence-corrected chi connectivity index (χ4v) is 4.52. The van der Waals surface area contributed by atoms with Crippen molar-refractivity contribution in [1.82, 2.24) is 0 Å². The molecule has 0 amide bonds. The first-order valence-corrected chi connectivity index (χ1v) is 9.70. The Kier molecular flexibility index (Phi) is 4.97. The van der Waals surface area contributed by atoms with E-state index in [1.165, 1.54) is 39.0 Å². The molecule has 0 aliphatic heterocycles. The molecule has 1 aliphatic rings. The van der Waals surface area contributed by atoms with Gasteiger partial charge in [-0.3, -0.25) is 0 Å². The lowest BCUT2D eigenvalue weighted by Crippen LogP contribution is -2.22. The van der Waals surface area contributed by atoms with Crippen molar-refractivity contribution >= 4 is 0 Å². The molecule has 2 aromatic carbocycles. The Morgan fingerprint density at radius 2 is 1.12 bits per heavy atom. The Morgan fingerprint density at radius 3 is 1.50 bits per heavy atom. The Labute approximate surface area is 159 Å². The summed E-state index contributed by atoms with van der Waals surface area (Å²) in [6.45, 7) is 15.8. The van der Waals surface area contributed by atoms with E-state index >= 15 is 0 Å². The number of allylic oxidation sites excluding steroid dienone is 4. The van der Waals surface area contributed by atoms with Crippen LogP contribution in [0.25, 0.3) is 0 Å². The molecule has 3 rings (SSSR count). The van der Waals surface area contributed by atoms with E-state index in [-0.39, 0.29) is 5.41 Å². The molecule has 0 saturated carbocycles. The number of benzene rings is 2. The molecule has 0 heteroatoms. The molecule has 0 bridgehead atoms. The van der Waals surface area contributed by atoms with E-state index in [2.05, 4.69) is 103 Å². The summed E-state index contributed by atoms with van der Waals surface area (Å²) in [5.74, 6) is 0.772. The average Bonchev–Trinajstić information content (AvgIpc) is 2.94. The third-order valence-electron chi connectivity index (χ3n) is 5.38. The summed E-state index contributed by atoms with van der Waals surface area (Å²) in [7, 11) is 0. The molecule has 0 nitrogen and oxygen atoms in total. The number of rotatable bonds is 3. The summed E-state index contributed by atoms with van der Waals surface area (Å²) in [6.07, 6.45) is 6.99. The van der Waals surface area contributed by atoms with Crippen LogP contribution in [0.15, 0.2) is 60.2 Å². The van der Waals surface area contributed by atoms with Crippen LogP contribution in [0, 0.1) is 39.0 Å². The van der Waals surface area contributed by atoms with Gasteiger partial charge >= 0.3 is 0 Å². The second kappa shape index (κ2) is 6.91. The molecule has 0 aromatic heterocycles. The summed E-state index contributed by atoms with van der Waals surface area (Å²) in [5.41, 5.74) is 9.94. The molecule has 0 radical (unpaired) electrons. The van der Waals surface area contributed by atoms with Crippen LogP contribution >= 0.6 is 0 Å². The van der Waals surface area contributed by atoms with Crippen molar-refractivity contribution in [2.45, 2.75) is 54.4 Å². The Morgan fingerprint density at radius 1 is 0.692 bits per heavy atom. The van der Waals surface area contributed by atoms with E-state index in [9.17, 15) is 0 Å². The second-order valence-corrected chi connectivity index (χ2v) is 9.10. The van der Waals surface area contributed by atoms with E-state index in [0.717, 1.165) is 0 Å². The first-order valence-electron chi connectivity index (χ1n) is 9.70. The molecule has 1 aliphatic carbocycles. The van der Waals surface area contributed by atoms with Gasteiger partial charge in [-0.15, -0.1) is 0 Å². The molecule has 0 spiro atoms. The van der Waals surface area contributed by atoms with Crippen LogP contribution in [-0.4, -0.2) is 0 Å². The van der Waals surface area contributed by atoms with Gasteiger partial charge in [-0.2, -0.15) is 0 Å². The summed E-state index contributed by atoms with van der Waals surface area (Å²) in [4.78, 5) is 0. The predicted octanol–water partition coefficient (Wildman–Crippen LogP) is 7.21. The van der Waals surface area contributed by atoms with Gasteiger partial charge in [0.15, 0.2) is 0 Å². The van der Waals surface area contributed by atoms with Crippen molar-refractivity contribution in [1.29, 1.82) is 0 Å². The van der Waals surface area contributed by atoms with Crippen LogP contribution in [0.5, 0.6) is 0 Å². The first kappa shape index (κ1) is 18.7. The highest BCUT2D eigenvalue weighted by Gasteiger charge is 2.33. The van der Waals surface area contributed by atoms with E-state index in [0.29, 0.717) is 11.8 Å². The fourth-order valence-electron chi connectivity index (χ4n) is 4.52. The predicted molar refractivity (Wildman–Crippen MR) is 114 cm³/mol. The third kappa shape index (κ3) is 3.85. The molecule has 2 aromatic rings. The minimum Gasteiger partial charge on any atom is -0.0764 e. The molecule has 0 fully saturated rings. The van der Waals surface area contributed by atoms with E-state index in [4.69, 9.17) is 0 Å². The van der Waals surface area contributed by atoms with Crippen molar-refractivity contribution in [2.24, 2.45) is 11.3 Å². The molecular formula is C26H32. The van der Waals surface area contributed by atoms with Crippen molar-refractivity contribution in [3.05, 3.63) is 93.6 Å². The van der Waals surface area contributed by atoms with Gasteiger partial charge in [0.05, 0.1) is 0 Å². The molecule has 0 saturated heterocycles. The molecular weight excluding hydrogens is 312 g/mol. The zero-order valence-corrected chi connectivity index (χ0v) is 17.4. The van der Waals surface area contributed by atoms with Gasteiger partial charge in [0.25, 0.3) is 0 Å². The number of hydrogen-bond donors (Lipinski definition) is 0. The highest BCUT2D eigenvalue weighted by molar-refractivity contribution is 5.46. The molecule has 1 atom stereocenters. The van der Waals surface area contributed by atoms with Gasteiger partial charge in [0, 0.05) is 11.8 Å². The lowest BCUT2D eigenvalue weighted by atomic mass is 9.70. The Hall–Kier alpha value is -2.08. The normalized spacial score (nSPS) is 17.1. The van der Waals surface area contributed by atoms with Crippen LogP contribution in [0.2, 0.25) is 0 Å². The third-order valence-corrected chi connectivity index (χ3v) is 5.38. The molecule has 136 valence electrons. The van der Waals surface area contributed by atoms with E-state index < -0.39 is 0 Å². The topological polar surface area (TPSA) is 0 Å². The number of hydrogen-bond acceptors (Lipinski definition) is 0. The molecule has 0 heterocycles. The van der Waals surface area contributed by atoms with Crippen molar-refractivity contribution in [3.63, 3.8) is 0 Å². The molecule has 1 unspecified atom stereocenters. The van der Waals surface area contributed by atoms with E-state index in [1.54, 1.807) is 0 Å². The van der Waals surface area contributed by atoms with Crippen molar-refractivity contribution in [3.8, 4) is 0 Å². The largest absolute Gasteiger partial charge is 0.0764 e. The van der Waals surface area contributed by atoms with Gasteiger partial charge in [-0.1, -0.05) is 103 Å². The van der Waals surface area contributed by atoms with Crippen LogP contribution in [0.4, 0.5) is 0 Å². The van der Waals surface area contributed by atoms with Crippen molar-refractivity contribution < 1.29 is 0 Å².